The van der Waals surface area contributed by atoms with Gasteiger partial charge in [-0.2, -0.15) is 0 Å². The van der Waals surface area contributed by atoms with Crippen molar-refractivity contribution in [3.63, 3.8) is 0 Å². The van der Waals surface area contributed by atoms with E-state index in [9.17, 15) is 7.84 Å². The summed E-state index contributed by atoms with van der Waals surface area (Å²) in [5.74, 6) is 0.598. The van der Waals surface area contributed by atoms with Crippen LogP contribution >= 0.6 is 10.0 Å². The number of rotatable bonds is 5. The molecule has 0 amide bonds. The number of hydrogen-bond acceptors (Lipinski definition) is 2. The van der Waals surface area contributed by atoms with E-state index in [0.29, 0.717) is 5.75 Å². The van der Waals surface area contributed by atoms with Gasteiger partial charge in [0, 0.05) is 0 Å². The van der Waals surface area contributed by atoms with Gasteiger partial charge in [0.2, 0.25) is 0 Å². The molecule has 1 N–H and O–H groups in total. The van der Waals surface area contributed by atoms with Gasteiger partial charge in [0.25, 0.3) is 0 Å². The van der Waals surface area contributed by atoms with Crippen LogP contribution in [0.25, 0.3) is 0 Å². The van der Waals surface area contributed by atoms with Gasteiger partial charge in [0.1, 0.15) is 0 Å². The first-order valence-electron chi connectivity index (χ1n) is 5.70. The van der Waals surface area contributed by atoms with E-state index in [1.54, 1.807) is 0 Å². The van der Waals surface area contributed by atoms with Gasteiger partial charge in [0.05, 0.1) is 0 Å². The average molecular weight is 322 g/mol. The summed E-state index contributed by atoms with van der Waals surface area (Å²) in [6.45, 7) is 0. The maximum absolute atomic E-state index is 12.1. The summed E-state index contributed by atoms with van der Waals surface area (Å²) in [7, 11) is 1.20. The summed E-state index contributed by atoms with van der Waals surface area (Å²) >= 11 is -3.81. The molecule has 94 valence electrons. The van der Waals surface area contributed by atoms with E-state index in [-0.39, 0.29) is 5.21 Å². The molecule has 2 aromatic rings. The third-order valence-electron chi connectivity index (χ3n) is 2.50. The Kier molecular flexibility index (Phi) is 4.76. The van der Waals surface area contributed by atoms with E-state index >= 15 is 0 Å². The SMILES string of the molecule is O=[As](O)(Cc1ccccc1)SCc1ccccc1. The molecule has 0 heterocycles. The number of benzene rings is 2. The minimum absolute atomic E-state index is 0.288. The second-order valence-corrected chi connectivity index (χ2v) is 12.5. The summed E-state index contributed by atoms with van der Waals surface area (Å²) in [6, 6.07) is 19.3. The molecular weight excluding hydrogens is 307 g/mol. The maximum atomic E-state index is 12.1. The third kappa shape index (κ3) is 4.41. The van der Waals surface area contributed by atoms with Crippen molar-refractivity contribution in [1.82, 2.24) is 0 Å². The number of hydrogen-bond donors (Lipinski definition) is 1. The summed E-state index contributed by atoms with van der Waals surface area (Å²) in [4.78, 5) is 0. The van der Waals surface area contributed by atoms with Crippen LogP contribution < -0.4 is 0 Å². The first-order chi connectivity index (χ1) is 8.66. The molecule has 0 saturated heterocycles. The van der Waals surface area contributed by atoms with Crippen molar-refractivity contribution in [2.24, 2.45) is 0 Å². The van der Waals surface area contributed by atoms with E-state index in [4.69, 9.17) is 0 Å². The van der Waals surface area contributed by atoms with E-state index in [0.717, 1.165) is 11.1 Å². The molecule has 0 saturated carbocycles. The van der Waals surface area contributed by atoms with Crippen LogP contribution in [-0.4, -0.2) is 16.8 Å². The van der Waals surface area contributed by atoms with Gasteiger partial charge >= 0.3 is 113 Å². The monoisotopic (exact) mass is 322 g/mol. The Labute approximate surface area is 113 Å². The topological polar surface area (TPSA) is 37.3 Å². The minimum atomic E-state index is -3.81. The Morgan fingerprint density at radius 1 is 0.889 bits per heavy atom. The van der Waals surface area contributed by atoms with Gasteiger partial charge in [-0.3, -0.25) is 0 Å². The van der Waals surface area contributed by atoms with E-state index < -0.39 is 12.7 Å². The molecule has 18 heavy (non-hydrogen) atoms. The molecule has 0 bridgehead atoms. The standard InChI is InChI=1S/C14H15AsO2S/c16-15(17,11-13-7-3-1-4-8-13)18-12-14-9-5-2-6-10-14/h1-10H,11-12H2,(H,16,17). The fraction of sp³-hybridized carbons (Fsp3) is 0.143. The molecular formula is C14H15AsO2S. The van der Waals surface area contributed by atoms with Gasteiger partial charge in [-0.25, -0.2) is 0 Å². The molecule has 2 aromatic carbocycles. The molecule has 1 atom stereocenters. The fourth-order valence-electron chi connectivity index (χ4n) is 1.61. The quantitative estimate of drug-likeness (QED) is 0.860. The van der Waals surface area contributed by atoms with E-state index in [2.05, 4.69) is 0 Å². The predicted octanol–water partition coefficient (Wildman–Crippen LogP) is 3.06. The molecule has 0 aromatic heterocycles. The van der Waals surface area contributed by atoms with Crippen LogP contribution in [0.3, 0.4) is 0 Å². The van der Waals surface area contributed by atoms with Gasteiger partial charge in [0.15, 0.2) is 0 Å². The van der Waals surface area contributed by atoms with Crippen LogP contribution in [0.4, 0.5) is 0 Å². The Morgan fingerprint density at radius 3 is 1.94 bits per heavy atom. The zero-order chi connectivity index (χ0) is 12.8. The predicted molar refractivity (Wildman–Crippen MR) is 76.5 cm³/mol. The molecule has 0 fully saturated rings. The zero-order valence-electron chi connectivity index (χ0n) is 9.90. The van der Waals surface area contributed by atoms with Gasteiger partial charge < -0.3 is 0 Å². The molecule has 2 nitrogen and oxygen atoms in total. The Balaban J connectivity index is 1.94. The molecule has 0 spiro atoms. The van der Waals surface area contributed by atoms with Crippen LogP contribution in [0.1, 0.15) is 11.1 Å². The zero-order valence-corrected chi connectivity index (χ0v) is 12.6. The summed E-state index contributed by atoms with van der Waals surface area (Å²) in [5, 5.41) is 0.288. The molecule has 2 rings (SSSR count). The van der Waals surface area contributed by atoms with Crippen molar-refractivity contribution >= 4 is 22.7 Å². The molecule has 1 unspecified atom stereocenters. The van der Waals surface area contributed by atoms with Crippen molar-refractivity contribution in [2.75, 3.05) is 0 Å². The van der Waals surface area contributed by atoms with Crippen LogP contribution in [0.5, 0.6) is 0 Å². The van der Waals surface area contributed by atoms with Crippen molar-refractivity contribution in [3.05, 3.63) is 71.8 Å². The van der Waals surface area contributed by atoms with Crippen molar-refractivity contribution in [2.45, 2.75) is 11.0 Å². The first-order valence-corrected chi connectivity index (χ1v) is 11.9. The van der Waals surface area contributed by atoms with Crippen LogP contribution in [0.15, 0.2) is 60.7 Å². The molecule has 0 aliphatic carbocycles. The molecule has 0 radical (unpaired) electrons. The Hall–Kier alpha value is -0.892. The van der Waals surface area contributed by atoms with Crippen molar-refractivity contribution in [1.29, 1.82) is 0 Å². The van der Waals surface area contributed by atoms with Crippen LogP contribution in [0, 0.1) is 0 Å². The summed E-state index contributed by atoms with van der Waals surface area (Å²) in [6.07, 6.45) is 0. The van der Waals surface area contributed by atoms with Crippen LogP contribution in [-0.2, 0) is 14.7 Å². The first kappa shape index (κ1) is 13.5. The molecule has 4 heteroatoms. The average Bonchev–Trinajstić information content (AvgIpc) is 2.38. The fourth-order valence-corrected chi connectivity index (χ4v) is 7.21. The Morgan fingerprint density at radius 2 is 1.39 bits per heavy atom. The van der Waals surface area contributed by atoms with Crippen LogP contribution in [0.2, 0.25) is 0 Å². The Bertz CT molecular complexity index is 528. The van der Waals surface area contributed by atoms with Crippen molar-refractivity contribution < 1.29 is 7.84 Å². The third-order valence-corrected chi connectivity index (χ3v) is 8.99. The molecule has 0 aliphatic rings. The normalized spacial score (nSPS) is 14.1. The van der Waals surface area contributed by atoms with Crippen molar-refractivity contribution in [3.8, 4) is 0 Å². The van der Waals surface area contributed by atoms with Gasteiger partial charge in [-0.15, -0.1) is 0 Å². The molecule has 0 aliphatic heterocycles. The second kappa shape index (κ2) is 6.33. The summed E-state index contributed by atoms with van der Waals surface area (Å²) < 4.78 is 22.1. The second-order valence-electron chi connectivity index (χ2n) is 4.04. The van der Waals surface area contributed by atoms with E-state index in [1.807, 2.05) is 60.7 Å². The van der Waals surface area contributed by atoms with E-state index in [1.165, 1.54) is 10.0 Å². The van der Waals surface area contributed by atoms with Gasteiger partial charge in [-0.05, 0) is 0 Å². The van der Waals surface area contributed by atoms with Gasteiger partial charge in [-0.1, -0.05) is 0 Å². The summed E-state index contributed by atoms with van der Waals surface area (Å²) in [5.41, 5.74) is 2.02.